The number of nitrogens with zero attached hydrogens (tertiary/aromatic N) is 1. The molecule has 5 nitrogen and oxygen atoms in total. The molecule has 17 heavy (non-hydrogen) atoms. The molecular weight excluding hydrogens is 220 g/mol. The van der Waals surface area contributed by atoms with Gasteiger partial charge in [-0.1, -0.05) is 0 Å². The summed E-state index contributed by atoms with van der Waals surface area (Å²) < 4.78 is 10.6. The summed E-state index contributed by atoms with van der Waals surface area (Å²) >= 11 is 0. The van der Waals surface area contributed by atoms with Crippen LogP contribution in [-0.2, 0) is 4.79 Å². The summed E-state index contributed by atoms with van der Waals surface area (Å²) in [6.07, 6.45) is 0. The van der Waals surface area contributed by atoms with Gasteiger partial charge in [0.2, 0.25) is 12.7 Å². The second-order valence-corrected chi connectivity index (χ2v) is 4.18. The molecule has 0 aliphatic carbocycles. The number of benzene rings is 1. The number of fused-ring (bicyclic) bond motifs is 1. The Morgan fingerprint density at radius 2 is 2.00 bits per heavy atom. The molecule has 1 aromatic rings. The van der Waals surface area contributed by atoms with Gasteiger partial charge in [-0.15, -0.1) is 0 Å². The molecule has 1 atom stereocenters. The second-order valence-electron chi connectivity index (χ2n) is 4.18. The molecule has 0 fully saturated rings. The highest BCUT2D eigenvalue weighted by molar-refractivity contribution is 5.97. The first kappa shape index (κ1) is 11.7. The smallest absolute Gasteiger partial charge is 0.243 e. The summed E-state index contributed by atoms with van der Waals surface area (Å²) in [5.74, 6) is 1.25. The molecule has 2 rings (SSSR count). The van der Waals surface area contributed by atoms with Gasteiger partial charge in [-0.25, -0.2) is 0 Å². The van der Waals surface area contributed by atoms with Crippen molar-refractivity contribution >= 4 is 11.6 Å². The molecular formula is C12H16N2O3. The maximum absolute atomic E-state index is 11.8. The molecule has 92 valence electrons. The number of nitrogens with two attached hydrogens (primary N) is 1. The molecule has 1 heterocycles. The van der Waals surface area contributed by atoms with Crippen LogP contribution in [-0.4, -0.2) is 25.8 Å². The number of anilines is 1. The maximum atomic E-state index is 11.8. The predicted molar refractivity (Wildman–Crippen MR) is 64.4 cm³/mol. The Balaban J connectivity index is 2.36. The monoisotopic (exact) mass is 236 g/mol. The third-order valence-electron chi connectivity index (χ3n) is 2.77. The Labute approximate surface area is 100 Å². The van der Waals surface area contributed by atoms with Crippen LogP contribution in [0.15, 0.2) is 12.1 Å². The van der Waals surface area contributed by atoms with E-state index in [4.69, 9.17) is 15.2 Å². The number of rotatable bonds is 2. The molecule has 2 N–H and O–H groups in total. The lowest BCUT2D eigenvalue weighted by Gasteiger charge is -2.21. The van der Waals surface area contributed by atoms with Crippen LogP contribution < -0.4 is 20.1 Å². The van der Waals surface area contributed by atoms with E-state index in [1.807, 2.05) is 13.0 Å². The van der Waals surface area contributed by atoms with E-state index in [0.29, 0.717) is 11.5 Å². The highest BCUT2D eigenvalue weighted by Crippen LogP contribution is 2.37. The van der Waals surface area contributed by atoms with Crippen LogP contribution in [0.25, 0.3) is 0 Å². The fourth-order valence-electron chi connectivity index (χ4n) is 1.82. The zero-order valence-corrected chi connectivity index (χ0v) is 10.2. The Kier molecular flexibility index (Phi) is 2.93. The molecule has 1 aromatic carbocycles. The van der Waals surface area contributed by atoms with Crippen LogP contribution in [0.2, 0.25) is 0 Å². The number of aryl methyl sites for hydroxylation is 1. The van der Waals surface area contributed by atoms with Crippen molar-refractivity contribution in [1.29, 1.82) is 0 Å². The van der Waals surface area contributed by atoms with Crippen molar-refractivity contribution in [2.75, 3.05) is 18.7 Å². The minimum Gasteiger partial charge on any atom is -0.454 e. The molecule has 5 heteroatoms. The van der Waals surface area contributed by atoms with Crippen molar-refractivity contribution in [1.82, 2.24) is 0 Å². The Hall–Kier alpha value is -1.75. The van der Waals surface area contributed by atoms with Crippen LogP contribution in [0.3, 0.4) is 0 Å². The van der Waals surface area contributed by atoms with Crippen molar-refractivity contribution in [3.8, 4) is 11.5 Å². The van der Waals surface area contributed by atoms with Crippen LogP contribution in [0.5, 0.6) is 11.5 Å². The Bertz CT molecular complexity index is 457. The van der Waals surface area contributed by atoms with Crippen molar-refractivity contribution < 1.29 is 14.3 Å². The van der Waals surface area contributed by atoms with Crippen LogP contribution >= 0.6 is 0 Å². The van der Waals surface area contributed by atoms with E-state index < -0.39 is 6.04 Å². The molecule has 0 aromatic heterocycles. The van der Waals surface area contributed by atoms with E-state index in [1.165, 1.54) is 0 Å². The Morgan fingerprint density at radius 1 is 1.41 bits per heavy atom. The number of amides is 1. The third kappa shape index (κ3) is 2.06. The minimum absolute atomic E-state index is 0.132. The molecule has 0 spiro atoms. The number of hydrogen-bond acceptors (Lipinski definition) is 4. The largest absolute Gasteiger partial charge is 0.454 e. The van der Waals surface area contributed by atoms with E-state index in [1.54, 1.807) is 24.9 Å². The van der Waals surface area contributed by atoms with Gasteiger partial charge >= 0.3 is 0 Å². The van der Waals surface area contributed by atoms with Crippen LogP contribution in [0, 0.1) is 6.92 Å². The molecule has 0 saturated heterocycles. The highest BCUT2D eigenvalue weighted by atomic mass is 16.7. The third-order valence-corrected chi connectivity index (χ3v) is 2.77. The normalized spacial score (nSPS) is 14.6. The van der Waals surface area contributed by atoms with Gasteiger partial charge in [-0.05, 0) is 25.5 Å². The van der Waals surface area contributed by atoms with Gasteiger partial charge < -0.3 is 20.1 Å². The van der Waals surface area contributed by atoms with Gasteiger partial charge in [0.05, 0.1) is 11.7 Å². The standard InChI is InChI=1S/C12H16N2O3/c1-7-4-10-11(17-6-16-10)5-9(7)14(3)12(15)8(2)13/h4-5,8H,6,13H2,1-3H3. The van der Waals surface area contributed by atoms with E-state index >= 15 is 0 Å². The van der Waals surface area contributed by atoms with Gasteiger partial charge in [-0.3, -0.25) is 4.79 Å². The summed E-state index contributed by atoms with van der Waals surface area (Å²) in [6.45, 7) is 3.81. The summed E-state index contributed by atoms with van der Waals surface area (Å²) in [4.78, 5) is 13.4. The van der Waals surface area contributed by atoms with Crippen LogP contribution in [0.4, 0.5) is 5.69 Å². The van der Waals surface area contributed by atoms with Gasteiger partial charge in [0, 0.05) is 13.1 Å². The second kappa shape index (κ2) is 4.25. The van der Waals surface area contributed by atoms with Gasteiger partial charge in [0.1, 0.15) is 0 Å². The van der Waals surface area contributed by atoms with Gasteiger partial charge in [-0.2, -0.15) is 0 Å². The number of likely N-dealkylation sites (N-methyl/N-ethyl adjacent to an activating group) is 1. The first-order valence-electron chi connectivity index (χ1n) is 5.44. The molecule has 1 aliphatic rings. The van der Waals surface area contributed by atoms with Crippen molar-refractivity contribution in [3.63, 3.8) is 0 Å². The number of ether oxygens (including phenoxy) is 2. The van der Waals surface area contributed by atoms with Gasteiger partial charge in [0.25, 0.3) is 0 Å². The van der Waals surface area contributed by atoms with Crippen molar-refractivity contribution in [3.05, 3.63) is 17.7 Å². The number of carbonyl (C=O) groups excluding carboxylic acids is 1. The first-order valence-corrected chi connectivity index (χ1v) is 5.44. The lowest BCUT2D eigenvalue weighted by atomic mass is 10.1. The zero-order chi connectivity index (χ0) is 12.6. The summed E-state index contributed by atoms with van der Waals surface area (Å²) in [5.41, 5.74) is 7.33. The maximum Gasteiger partial charge on any atom is 0.243 e. The highest BCUT2D eigenvalue weighted by Gasteiger charge is 2.21. The van der Waals surface area contributed by atoms with E-state index in [9.17, 15) is 4.79 Å². The van der Waals surface area contributed by atoms with Gasteiger partial charge in [0.15, 0.2) is 11.5 Å². The summed E-state index contributed by atoms with van der Waals surface area (Å²) in [5, 5.41) is 0. The predicted octanol–water partition coefficient (Wildman–Crippen LogP) is 1.03. The van der Waals surface area contributed by atoms with E-state index in [0.717, 1.165) is 11.3 Å². The Morgan fingerprint density at radius 3 is 2.59 bits per heavy atom. The van der Waals surface area contributed by atoms with Crippen molar-refractivity contribution in [2.45, 2.75) is 19.9 Å². The molecule has 1 unspecified atom stereocenters. The first-order chi connectivity index (χ1) is 8.00. The lowest BCUT2D eigenvalue weighted by Crippen LogP contribution is -2.40. The van der Waals surface area contributed by atoms with Crippen LogP contribution in [0.1, 0.15) is 12.5 Å². The summed E-state index contributed by atoms with van der Waals surface area (Å²) in [7, 11) is 1.70. The SMILES string of the molecule is Cc1cc2c(cc1N(C)C(=O)C(C)N)OCO2. The molecule has 0 bridgehead atoms. The molecule has 0 radical (unpaired) electrons. The average molecular weight is 236 g/mol. The number of carbonyl (C=O) groups is 1. The lowest BCUT2D eigenvalue weighted by molar-refractivity contribution is -0.119. The zero-order valence-electron chi connectivity index (χ0n) is 10.2. The van der Waals surface area contributed by atoms with E-state index in [2.05, 4.69) is 0 Å². The molecule has 0 saturated carbocycles. The summed E-state index contributed by atoms with van der Waals surface area (Å²) in [6, 6.07) is 3.14. The fourth-order valence-corrected chi connectivity index (χ4v) is 1.82. The minimum atomic E-state index is -0.523. The molecule has 1 aliphatic heterocycles. The number of hydrogen-bond donors (Lipinski definition) is 1. The van der Waals surface area contributed by atoms with E-state index in [-0.39, 0.29) is 12.7 Å². The van der Waals surface area contributed by atoms with Crippen molar-refractivity contribution in [2.24, 2.45) is 5.73 Å². The molecule has 1 amide bonds. The average Bonchev–Trinajstić information content (AvgIpc) is 2.72. The topological polar surface area (TPSA) is 64.8 Å². The quantitative estimate of drug-likeness (QED) is 0.833. The fraction of sp³-hybridized carbons (Fsp3) is 0.417.